The number of hydrogen-bond donors (Lipinski definition) is 0. The number of carbonyl (C=O) groups excluding carboxylic acids is 1. The molecule has 27 heavy (non-hydrogen) atoms. The predicted octanol–water partition coefficient (Wildman–Crippen LogP) is 3.79. The van der Waals surface area contributed by atoms with Crippen LogP contribution in [0.4, 0.5) is 10.1 Å². The normalized spacial score (nSPS) is 16.7. The van der Waals surface area contributed by atoms with E-state index in [0.29, 0.717) is 31.0 Å². The minimum absolute atomic E-state index is 0.00117. The minimum atomic E-state index is -0.370. The summed E-state index contributed by atoms with van der Waals surface area (Å²) in [7, 11) is 0. The Labute approximate surface area is 155 Å². The van der Waals surface area contributed by atoms with E-state index in [4.69, 9.17) is 9.26 Å². The largest absolute Gasteiger partial charge is 0.494 e. The van der Waals surface area contributed by atoms with Gasteiger partial charge in [-0.25, -0.2) is 4.39 Å². The first-order valence-electron chi connectivity index (χ1n) is 8.77. The lowest BCUT2D eigenvalue weighted by Crippen LogP contribution is -2.24. The van der Waals surface area contributed by atoms with Gasteiger partial charge in [-0.1, -0.05) is 11.2 Å². The van der Waals surface area contributed by atoms with Crippen LogP contribution in [0.3, 0.4) is 0 Å². The van der Waals surface area contributed by atoms with Crippen LogP contribution in [0, 0.1) is 5.82 Å². The summed E-state index contributed by atoms with van der Waals surface area (Å²) in [6.07, 6.45) is 0.301. The lowest BCUT2D eigenvalue weighted by molar-refractivity contribution is -0.117. The number of rotatable bonds is 5. The molecule has 4 rings (SSSR count). The minimum Gasteiger partial charge on any atom is -0.494 e. The zero-order chi connectivity index (χ0) is 18.8. The first-order valence-corrected chi connectivity index (χ1v) is 8.77. The highest BCUT2D eigenvalue weighted by atomic mass is 19.1. The van der Waals surface area contributed by atoms with Crippen LogP contribution in [0.15, 0.2) is 53.1 Å². The maximum atomic E-state index is 13.4. The third-order valence-electron chi connectivity index (χ3n) is 4.46. The molecule has 0 aliphatic carbocycles. The molecular formula is C20H18FN3O3. The topological polar surface area (TPSA) is 68.5 Å². The number of benzene rings is 2. The van der Waals surface area contributed by atoms with Gasteiger partial charge in [0, 0.05) is 30.1 Å². The van der Waals surface area contributed by atoms with Gasteiger partial charge in [-0.05, 0) is 49.4 Å². The Bertz CT molecular complexity index is 955. The molecule has 1 atom stereocenters. The van der Waals surface area contributed by atoms with Gasteiger partial charge < -0.3 is 14.2 Å². The van der Waals surface area contributed by atoms with E-state index in [1.165, 1.54) is 12.1 Å². The average Bonchev–Trinajstić information content (AvgIpc) is 3.30. The fraction of sp³-hybridized carbons (Fsp3) is 0.250. The number of anilines is 1. The molecule has 2 aromatic carbocycles. The van der Waals surface area contributed by atoms with Crippen molar-refractivity contribution >= 4 is 11.6 Å². The van der Waals surface area contributed by atoms with Gasteiger partial charge in [-0.3, -0.25) is 4.79 Å². The van der Waals surface area contributed by atoms with Crippen molar-refractivity contribution in [2.45, 2.75) is 19.3 Å². The second-order valence-electron chi connectivity index (χ2n) is 6.30. The van der Waals surface area contributed by atoms with E-state index < -0.39 is 0 Å². The monoisotopic (exact) mass is 367 g/mol. The fourth-order valence-corrected chi connectivity index (χ4v) is 3.16. The van der Waals surface area contributed by atoms with Crippen molar-refractivity contribution < 1.29 is 18.4 Å². The first kappa shape index (κ1) is 17.2. The van der Waals surface area contributed by atoms with Crippen molar-refractivity contribution in [1.82, 2.24) is 10.1 Å². The summed E-state index contributed by atoms with van der Waals surface area (Å²) in [4.78, 5) is 18.5. The number of amides is 1. The third kappa shape index (κ3) is 3.53. The molecule has 0 bridgehead atoms. The lowest BCUT2D eigenvalue weighted by atomic mass is 10.1. The van der Waals surface area contributed by atoms with Crippen LogP contribution in [-0.2, 0) is 4.79 Å². The zero-order valence-corrected chi connectivity index (χ0v) is 14.8. The SMILES string of the molecule is CCOc1ccc(N2CC(c3noc(-c4cccc(F)c4)n3)CC2=O)cc1. The maximum absolute atomic E-state index is 13.4. The van der Waals surface area contributed by atoms with Crippen molar-refractivity contribution in [3.05, 3.63) is 60.2 Å². The van der Waals surface area contributed by atoms with Crippen molar-refractivity contribution in [3.8, 4) is 17.2 Å². The summed E-state index contributed by atoms with van der Waals surface area (Å²) in [5.74, 6) is 0.927. The Kier molecular flexibility index (Phi) is 4.58. The molecule has 1 amide bonds. The Morgan fingerprint density at radius 1 is 1.26 bits per heavy atom. The molecule has 3 aromatic rings. The molecule has 1 aliphatic heterocycles. The molecule has 0 spiro atoms. The number of aromatic nitrogens is 2. The fourth-order valence-electron chi connectivity index (χ4n) is 3.16. The van der Waals surface area contributed by atoms with Gasteiger partial charge in [0.25, 0.3) is 5.89 Å². The van der Waals surface area contributed by atoms with Crippen molar-refractivity contribution in [3.63, 3.8) is 0 Å². The molecule has 0 N–H and O–H groups in total. The molecule has 1 aromatic heterocycles. The number of hydrogen-bond acceptors (Lipinski definition) is 5. The molecule has 1 fully saturated rings. The van der Waals surface area contributed by atoms with E-state index in [9.17, 15) is 9.18 Å². The number of halogens is 1. The van der Waals surface area contributed by atoms with Crippen LogP contribution in [-0.4, -0.2) is 29.2 Å². The molecule has 1 aliphatic rings. The van der Waals surface area contributed by atoms with Gasteiger partial charge in [-0.15, -0.1) is 0 Å². The van der Waals surface area contributed by atoms with Crippen LogP contribution >= 0.6 is 0 Å². The Morgan fingerprint density at radius 3 is 2.81 bits per heavy atom. The molecule has 138 valence electrons. The molecule has 7 heteroatoms. The highest BCUT2D eigenvalue weighted by Crippen LogP contribution is 2.32. The van der Waals surface area contributed by atoms with E-state index in [2.05, 4.69) is 10.1 Å². The van der Waals surface area contributed by atoms with Gasteiger partial charge in [0.15, 0.2) is 5.82 Å². The number of ether oxygens (including phenoxy) is 1. The Balaban J connectivity index is 1.51. The molecule has 1 unspecified atom stereocenters. The summed E-state index contributed by atoms with van der Waals surface area (Å²) in [6.45, 7) is 2.98. The van der Waals surface area contributed by atoms with Crippen LogP contribution in [0.1, 0.15) is 25.1 Å². The Morgan fingerprint density at radius 2 is 2.07 bits per heavy atom. The molecule has 0 radical (unpaired) electrons. The van der Waals surface area contributed by atoms with Crippen molar-refractivity contribution in [2.75, 3.05) is 18.1 Å². The summed E-state index contributed by atoms with van der Waals surface area (Å²) in [5.41, 5.74) is 1.32. The van der Waals surface area contributed by atoms with Gasteiger partial charge >= 0.3 is 0 Å². The van der Waals surface area contributed by atoms with Crippen LogP contribution in [0.5, 0.6) is 5.75 Å². The summed E-state index contributed by atoms with van der Waals surface area (Å²) >= 11 is 0. The van der Waals surface area contributed by atoms with Gasteiger partial charge in [0.05, 0.1) is 6.61 Å². The van der Waals surface area contributed by atoms with Crippen LogP contribution < -0.4 is 9.64 Å². The molecule has 0 saturated carbocycles. The smallest absolute Gasteiger partial charge is 0.258 e. The van der Waals surface area contributed by atoms with Crippen molar-refractivity contribution in [2.24, 2.45) is 0 Å². The Hall–Kier alpha value is -3.22. The summed E-state index contributed by atoms with van der Waals surface area (Å²) in [5, 5.41) is 4.00. The van der Waals surface area contributed by atoms with E-state index >= 15 is 0 Å². The second kappa shape index (κ2) is 7.19. The molecular weight excluding hydrogens is 349 g/mol. The van der Waals surface area contributed by atoms with E-state index in [0.717, 1.165) is 11.4 Å². The van der Waals surface area contributed by atoms with Crippen molar-refractivity contribution in [1.29, 1.82) is 0 Å². The summed E-state index contributed by atoms with van der Waals surface area (Å²) < 4.78 is 24.1. The lowest BCUT2D eigenvalue weighted by Gasteiger charge is -2.16. The summed E-state index contributed by atoms with van der Waals surface area (Å²) in [6, 6.07) is 13.4. The van der Waals surface area contributed by atoms with Gasteiger partial charge in [-0.2, -0.15) is 4.98 Å². The number of nitrogens with zero attached hydrogens (tertiary/aromatic N) is 3. The van der Waals surface area contributed by atoms with Crippen LogP contribution in [0.25, 0.3) is 11.5 Å². The first-order chi connectivity index (χ1) is 13.1. The quantitative estimate of drug-likeness (QED) is 0.686. The van der Waals surface area contributed by atoms with Gasteiger partial charge in [0.2, 0.25) is 5.91 Å². The third-order valence-corrected chi connectivity index (χ3v) is 4.46. The maximum Gasteiger partial charge on any atom is 0.258 e. The zero-order valence-electron chi connectivity index (χ0n) is 14.8. The molecule has 2 heterocycles. The average molecular weight is 367 g/mol. The highest BCUT2D eigenvalue weighted by molar-refractivity contribution is 5.96. The predicted molar refractivity (Wildman–Crippen MR) is 97.0 cm³/mol. The number of carbonyl (C=O) groups is 1. The second-order valence-corrected chi connectivity index (χ2v) is 6.30. The van der Waals surface area contributed by atoms with E-state index in [-0.39, 0.29) is 23.5 Å². The van der Waals surface area contributed by atoms with E-state index in [1.807, 2.05) is 31.2 Å². The standard InChI is InChI=1S/C20H18FN3O3/c1-2-26-17-8-6-16(7-9-17)24-12-14(11-18(24)25)19-22-20(27-23-19)13-4-3-5-15(21)10-13/h3-10,14H,2,11-12H2,1H3. The van der Waals surface area contributed by atoms with Gasteiger partial charge in [0.1, 0.15) is 11.6 Å². The molecule has 6 nitrogen and oxygen atoms in total. The van der Waals surface area contributed by atoms with E-state index in [1.54, 1.807) is 17.0 Å². The molecule has 1 saturated heterocycles. The van der Waals surface area contributed by atoms with Crippen LogP contribution in [0.2, 0.25) is 0 Å². The highest BCUT2D eigenvalue weighted by Gasteiger charge is 2.34.